The Morgan fingerprint density at radius 1 is 1.05 bits per heavy atom. The van der Waals surface area contributed by atoms with E-state index in [0.717, 1.165) is 5.56 Å². The van der Waals surface area contributed by atoms with Crippen LogP contribution in [0.15, 0.2) is 60.2 Å². The topological polar surface area (TPSA) is 46.5 Å². The van der Waals surface area contributed by atoms with E-state index in [4.69, 9.17) is 4.74 Å². The average Bonchev–Trinajstić information content (AvgIpc) is 2.46. The monoisotopic (exact) mass is 266 g/mol. The molecule has 0 bridgehead atoms. The molecule has 0 spiro atoms. The van der Waals surface area contributed by atoms with E-state index in [1.54, 1.807) is 36.4 Å². The molecule has 0 aliphatic carbocycles. The van der Waals surface area contributed by atoms with Crippen molar-refractivity contribution in [3.63, 3.8) is 0 Å². The molecule has 0 aromatic heterocycles. The number of ketones is 1. The number of fused-ring (bicyclic) bond motifs is 1. The Balaban J connectivity index is 2.08. The number of rotatable bonds is 2. The second-order valence-electron chi connectivity index (χ2n) is 4.88. The third-order valence-electron chi connectivity index (χ3n) is 3.31. The molecule has 3 nitrogen and oxygen atoms in total. The molecule has 3 rings (SSSR count). The summed E-state index contributed by atoms with van der Waals surface area (Å²) in [6, 6.07) is 16.2. The molecule has 1 aliphatic rings. The summed E-state index contributed by atoms with van der Waals surface area (Å²) < 4.78 is 5.54. The smallest absolute Gasteiger partial charge is 0.235 e. The van der Waals surface area contributed by atoms with Gasteiger partial charge in [0.15, 0.2) is 5.78 Å². The first kappa shape index (κ1) is 12.6. The van der Waals surface area contributed by atoms with E-state index in [9.17, 15) is 9.90 Å². The summed E-state index contributed by atoms with van der Waals surface area (Å²) in [5.41, 5.74) is 1.56. The first-order valence-electron chi connectivity index (χ1n) is 6.40. The maximum atomic E-state index is 12.5. The highest BCUT2D eigenvalue weighted by atomic mass is 16.6. The predicted octanol–water partition coefficient (Wildman–Crippen LogP) is 3.05. The van der Waals surface area contributed by atoms with Gasteiger partial charge in [-0.2, -0.15) is 0 Å². The number of hydrogen-bond donors (Lipinski definition) is 1. The van der Waals surface area contributed by atoms with Crippen molar-refractivity contribution in [1.29, 1.82) is 0 Å². The van der Waals surface area contributed by atoms with Gasteiger partial charge >= 0.3 is 0 Å². The highest BCUT2D eigenvalue weighted by Crippen LogP contribution is 2.35. The molecule has 20 heavy (non-hydrogen) atoms. The molecule has 1 atom stereocenters. The number of carbonyl (C=O) groups is 1. The Morgan fingerprint density at radius 3 is 2.45 bits per heavy atom. The van der Waals surface area contributed by atoms with Crippen LogP contribution in [0.25, 0.3) is 6.08 Å². The quantitative estimate of drug-likeness (QED) is 0.850. The zero-order chi connectivity index (χ0) is 14.2. The van der Waals surface area contributed by atoms with Gasteiger partial charge in [-0.25, -0.2) is 0 Å². The Bertz CT molecular complexity index is 684. The number of aliphatic hydroxyl groups is 1. The summed E-state index contributed by atoms with van der Waals surface area (Å²) >= 11 is 0. The summed E-state index contributed by atoms with van der Waals surface area (Å²) in [6.07, 6.45) is 1.69. The Hall–Kier alpha value is -2.39. The number of Topliss-reactive ketones (excluding diaryl/α,β-unsaturated/α-hetero) is 1. The van der Waals surface area contributed by atoms with Gasteiger partial charge in [-0.3, -0.25) is 4.79 Å². The largest absolute Gasteiger partial charge is 0.458 e. The average molecular weight is 266 g/mol. The lowest BCUT2D eigenvalue weighted by atomic mass is 9.93. The number of ether oxygens (including phenoxy) is 1. The Morgan fingerprint density at radius 2 is 1.70 bits per heavy atom. The van der Waals surface area contributed by atoms with Gasteiger partial charge in [0, 0.05) is 18.1 Å². The first-order valence-corrected chi connectivity index (χ1v) is 6.40. The van der Waals surface area contributed by atoms with Crippen LogP contribution in [0.4, 0.5) is 0 Å². The Labute approximate surface area is 117 Å². The van der Waals surface area contributed by atoms with Crippen molar-refractivity contribution in [1.82, 2.24) is 0 Å². The standard InChI is InChI=1S/C17H14O3/c1-17(19)14(16(18)12-7-3-2-4-8-12)11-13-9-5-6-10-15(13)20-17/h2-11,19H,1H3/t17-/m0/s1. The number of benzene rings is 2. The normalized spacial score (nSPS) is 20.6. The number of hydrogen-bond acceptors (Lipinski definition) is 3. The van der Waals surface area contributed by atoms with Crippen molar-refractivity contribution in [2.75, 3.05) is 0 Å². The van der Waals surface area contributed by atoms with Crippen LogP contribution in [0.3, 0.4) is 0 Å². The lowest BCUT2D eigenvalue weighted by Crippen LogP contribution is -2.39. The molecule has 0 saturated heterocycles. The van der Waals surface area contributed by atoms with Crippen LogP contribution in [0.1, 0.15) is 22.8 Å². The van der Waals surface area contributed by atoms with E-state index in [1.165, 1.54) is 6.92 Å². The van der Waals surface area contributed by atoms with Crippen molar-refractivity contribution < 1.29 is 14.6 Å². The van der Waals surface area contributed by atoms with Gasteiger partial charge in [0.25, 0.3) is 0 Å². The van der Waals surface area contributed by atoms with E-state index in [0.29, 0.717) is 11.3 Å². The summed E-state index contributed by atoms with van der Waals surface area (Å²) in [4.78, 5) is 12.5. The van der Waals surface area contributed by atoms with Crippen LogP contribution in [0.2, 0.25) is 0 Å². The molecule has 0 radical (unpaired) electrons. The maximum Gasteiger partial charge on any atom is 0.235 e. The number of para-hydroxylation sites is 1. The molecule has 0 fully saturated rings. The molecular weight excluding hydrogens is 252 g/mol. The van der Waals surface area contributed by atoms with Crippen LogP contribution in [0.5, 0.6) is 5.75 Å². The van der Waals surface area contributed by atoms with Gasteiger partial charge in [0.1, 0.15) is 5.75 Å². The molecule has 0 unspecified atom stereocenters. The Kier molecular flexibility index (Phi) is 2.92. The molecule has 0 saturated carbocycles. The molecule has 2 aromatic rings. The van der Waals surface area contributed by atoms with Gasteiger partial charge in [-0.1, -0.05) is 48.5 Å². The van der Waals surface area contributed by atoms with E-state index in [1.807, 2.05) is 24.3 Å². The van der Waals surface area contributed by atoms with Crippen LogP contribution < -0.4 is 4.74 Å². The maximum absolute atomic E-state index is 12.5. The summed E-state index contributed by atoms with van der Waals surface area (Å²) in [7, 11) is 0. The van der Waals surface area contributed by atoms with Crippen molar-refractivity contribution in [2.24, 2.45) is 0 Å². The fourth-order valence-electron chi connectivity index (χ4n) is 2.27. The van der Waals surface area contributed by atoms with Crippen molar-refractivity contribution in [3.05, 3.63) is 71.3 Å². The summed E-state index contributed by atoms with van der Waals surface area (Å²) in [6.45, 7) is 1.48. The molecule has 1 N–H and O–H groups in total. The molecule has 0 amide bonds. The van der Waals surface area contributed by atoms with Crippen molar-refractivity contribution >= 4 is 11.9 Å². The van der Waals surface area contributed by atoms with Crippen LogP contribution in [-0.2, 0) is 0 Å². The summed E-state index contributed by atoms with van der Waals surface area (Å²) in [5.74, 6) is -1.28. The minimum Gasteiger partial charge on any atom is -0.458 e. The molecule has 100 valence electrons. The van der Waals surface area contributed by atoms with Crippen LogP contribution in [0, 0.1) is 0 Å². The molecular formula is C17H14O3. The molecule has 3 heteroatoms. The zero-order valence-corrected chi connectivity index (χ0v) is 11.0. The predicted molar refractivity (Wildman–Crippen MR) is 76.4 cm³/mol. The van der Waals surface area contributed by atoms with E-state index < -0.39 is 5.79 Å². The highest BCUT2D eigenvalue weighted by molar-refractivity contribution is 6.12. The van der Waals surface area contributed by atoms with E-state index in [-0.39, 0.29) is 11.4 Å². The van der Waals surface area contributed by atoms with Gasteiger partial charge < -0.3 is 9.84 Å². The second-order valence-corrected chi connectivity index (χ2v) is 4.88. The van der Waals surface area contributed by atoms with Gasteiger partial charge in [-0.15, -0.1) is 0 Å². The van der Waals surface area contributed by atoms with E-state index in [2.05, 4.69) is 0 Å². The van der Waals surface area contributed by atoms with Gasteiger partial charge in [0.05, 0.1) is 5.57 Å². The second kappa shape index (κ2) is 4.62. The van der Waals surface area contributed by atoms with Crippen molar-refractivity contribution in [2.45, 2.75) is 12.7 Å². The zero-order valence-electron chi connectivity index (χ0n) is 11.0. The molecule has 2 aromatic carbocycles. The lowest BCUT2D eigenvalue weighted by molar-refractivity contribution is -0.0868. The lowest BCUT2D eigenvalue weighted by Gasteiger charge is -2.31. The fraction of sp³-hybridized carbons (Fsp3) is 0.118. The molecule has 1 heterocycles. The van der Waals surface area contributed by atoms with Crippen LogP contribution in [-0.4, -0.2) is 16.7 Å². The van der Waals surface area contributed by atoms with Gasteiger partial charge in [0.2, 0.25) is 5.79 Å². The molecule has 1 aliphatic heterocycles. The fourth-order valence-corrected chi connectivity index (χ4v) is 2.27. The van der Waals surface area contributed by atoms with E-state index >= 15 is 0 Å². The number of carbonyl (C=O) groups excluding carboxylic acids is 1. The highest BCUT2D eigenvalue weighted by Gasteiger charge is 2.37. The summed E-state index contributed by atoms with van der Waals surface area (Å²) in [5, 5.41) is 10.4. The minimum atomic E-state index is -1.62. The SMILES string of the molecule is C[C@]1(O)Oc2ccccc2C=C1C(=O)c1ccccc1. The third kappa shape index (κ3) is 2.12. The van der Waals surface area contributed by atoms with Crippen LogP contribution >= 0.6 is 0 Å². The minimum absolute atomic E-state index is 0.231. The first-order chi connectivity index (χ1) is 9.58. The van der Waals surface area contributed by atoms with Gasteiger partial charge in [-0.05, 0) is 12.1 Å². The van der Waals surface area contributed by atoms with Crippen molar-refractivity contribution in [3.8, 4) is 5.75 Å². The third-order valence-corrected chi connectivity index (χ3v) is 3.31.